The van der Waals surface area contributed by atoms with Crippen molar-refractivity contribution in [1.82, 2.24) is 0 Å². The van der Waals surface area contributed by atoms with Gasteiger partial charge in [-0.1, -0.05) is 38.5 Å². The Morgan fingerprint density at radius 1 is 1.12 bits per heavy atom. The molecule has 1 saturated carbocycles. The Labute approximate surface area is 105 Å². The molecule has 0 saturated heterocycles. The molecule has 1 aromatic rings. The zero-order valence-electron chi connectivity index (χ0n) is 11.6. The van der Waals surface area contributed by atoms with Crippen molar-refractivity contribution >= 4 is 0 Å². The first kappa shape index (κ1) is 12.6. The van der Waals surface area contributed by atoms with E-state index in [1.54, 1.807) is 0 Å². The summed E-state index contributed by atoms with van der Waals surface area (Å²) >= 11 is 0. The fourth-order valence-corrected chi connectivity index (χ4v) is 3.11. The number of benzene rings is 1. The second-order valence-corrected chi connectivity index (χ2v) is 6.13. The molecule has 1 heteroatoms. The van der Waals surface area contributed by atoms with Crippen molar-refractivity contribution in [1.29, 1.82) is 0 Å². The van der Waals surface area contributed by atoms with Gasteiger partial charge in [-0.05, 0) is 55.2 Å². The van der Waals surface area contributed by atoms with E-state index in [2.05, 4.69) is 45.9 Å². The Balaban J connectivity index is 2.38. The number of nitrogens with two attached hydrogens (primary N) is 1. The summed E-state index contributed by atoms with van der Waals surface area (Å²) in [5.74, 6) is 1.33. The van der Waals surface area contributed by atoms with Crippen molar-refractivity contribution in [3.05, 3.63) is 34.9 Å². The molecular weight excluding hydrogens is 206 g/mol. The number of aryl methyl sites for hydroxylation is 2. The van der Waals surface area contributed by atoms with Gasteiger partial charge in [0, 0.05) is 5.54 Å². The van der Waals surface area contributed by atoms with Crippen LogP contribution in [-0.2, 0) is 5.54 Å². The molecule has 1 aromatic carbocycles. The molecule has 3 unspecified atom stereocenters. The fraction of sp³-hybridized carbons (Fsp3) is 0.625. The van der Waals surface area contributed by atoms with Gasteiger partial charge in [0.1, 0.15) is 0 Å². The summed E-state index contributed by atoms with van der Waals surface area (Å²) in [6.45, 7) is 8.98. The third-order valence-corrected chi connectivity index (χ3v) is 4.70. The monoisotopic (exact) mass is 231 g/mol. The molecule has 0 radical (unpaired) electrons. The summed E-state index contributed by atoms with van der Waals surface area (Å²) in [5, 5.41) is 0. The van der Waals surface area contributed by atoms with Crippen molar-refractivity contribution in [3.63, 3.8) is 0 Å². The van der Waals surface area contributed by atoms with Crippen LogP contribution in [0.4, 0.5) is 0 Å². The minimum Gasteiger partial charge on any atom is -0.321 e. The lowest BCUT2D eigenvalue weighted by Gasteiger charge is -2.43. The van der Waals surface area contributed by atoms with Crippen LogP contribution in [0.25, 0.3) is 0 Å². The highest BCUT2D eigenvalue weighted by Gasteiger charge is 2.38. The van der Waals surface area contributed by atoms with Crippen LogP contribution in [-0.4, -0.2) is 0 Å². The largest absolute Gasteiger partial charge is 0.321 e. The average Bonchev–Trinajstić information content (AvgIpc) is 2.28. The first-order valence-corrected chi connectivity index (χ1v) is 6.80. The van der Waals surface area contributed by atoms with Crippen molar-refractivity contribution < 1.29 is 0 Å². The highest BCUT2D eigenvalue weighted by atomic mass is 14.8. The molecule has 0 aliphatic heterocycles. The minimum atomic E-state index is -0.115. The van der Waals surface area contributed by atoms with Gasteiger partial charge >= 0.3 is 0 Å². The first-order valence-electron chi connectivity index (χ1n) is 6.80. The predicted molar refractivity (Wildman–Crippen MR) is 74.0 cm³/mol. The molecule has 2 N–H and O–H groups in total. The molecule has 0 bridgehead atoms. The molecule has 0 amide bonds. The van der Waals surface area contributed by atoms with Gasteiger partial charge in [-0.3, -0.25) is 0 Å². The van der Waals surface area contributed by atoms with Crippen LogP contribution in [0, 0.1) is 25.7 Å². The second kappa shape index (κ2) is 4.45. The van der Waals surface area contributed by atoms with Gasteiger partial charge in [0.2, 0.25) is 0 Å². The lowest BCUT2D eigenvalue weighted by molar-refractivity contribution is 0.162. The lowest BCUT2D eigenvalue weighted by Crippen LogP contribution is -2.47. The van der Waals surface area contributed by atoms with Crippen molar-refractivity contribution in [2.75, 3.05) is 0 Å². The molecule has 94 valence electrons. The van der Waals surface area contributed by atoms with Crippen molar-refractivity contribution in [2.24, 2.45) is 17.6 Å². The Hall–Kier alpha value is -0.820. The van der Waals surface area contributed by atoms with E-state index in [1.165, 1.54) is 29.5 Å². The summed E-state index contributed by atoms with van der Waals surface area (Å²) in [7, 11) is 0. The number of hydrogen-bond acceptors (Lipinski definition) is 1. The van der Waals surface area contributed by atoms with E-state index in [0.29, 0.717) is 5.92 Å². The van der Waals surface area contributed by atoms with Crippen LogP contribution in [0.1, 0.15) is 49.8 Å². The van der Waals surface area contributed by atoms with Crippen molar-refractivity contribution in [2.45, 2.75) is 52.5 Å². The Bertz CT molecular complexity index is 410. The normalized spacial score (nSPS) is 33.7. The van der Waals surface area contributed by atoms with E-state index in [0.717, 1.165) is 12.3 Å². The molecule has 1 aliphatic carbocycles. The Morgan fingerprint density at radius 2 is 1.82 bits per heavy atom. The molecule has 17 heavy (non-hydrogen) atoms. The number of hydrogen-bond donors (Lipinski definition) is 1. The molecule has 3 atom stereocenters. The van der Waals surface area contributed by atoms with E-state index in [-0.39, 0.29) is 5.54 Å². The van der Waals surface area contributed by atoms with Crippen LogP contribution in [0.15, 0.2) is 18.2 Å². The van der Waals surface area contributed by atoms with E-state index < -0.39 is 0 Å². The summed E-state index contributed by atoms with van der Waals surface area (Å²) in [6.07, 6.45) is 3.70. The van der Waals surface area contributed by atoms with Crippen molar-refractivity contribution in [3.8, 4) is 0 Å². The maximum absolute atomic E-state index is 6.73. The van der Waals surface area contributed by atoms with Gasteiger partial charge < -0.3 is 5.73 Å². The summed E-state index contributed by atoms with van der Waals surface area (Å²) in [4.78, 5) is 0. The molecule has 0 aromatic heterocycles. The molecule has 2 rings (SSSR count). The van der Waals surface area contributed by atoms with E-state index in [9.17, 15) is 0 Å². The third kappa shape index (κ3) is 2.26. The Kier molecular flexibility index (Phi) is 3.31. The van der Waals surface area contributed by atoms with Gasteiger partial charge in [0.15, 0.2) is 0 Å². The van der Waals surface area contributed by atoms with Gasteiger partial charge in [0.25, 0.3) is 0 Å². The zero-order valence-corrected chi connectivity index (χ0v) is 11.6. The maximum Gasteiger partial charge on any atom is 0.0438 e. The SMILES string of the molecule is Cc1ccc(C2(N)CC(C)CCC2C)cc1C. The van der Waals surface area contributed by atoms with E-state index in [1.807, 2.05) is 0 Å². The van der Waals surface area contributed by atoms with Gasteiger partial charge in [0.05, 0.1) is 0 Å². The highest BCUT2D eigenvalue weighted by molar-refractivity contribution is 5.35. The summed E-state index contributed by atoms with van der Waals surface area (Å²) in [5.41, 5.74) is 10.7. The highest BCUT2D eigenvalue weighted by Crippen LogP contribution is 2.42. The van der Waals surface area contributed by atoms with E-state index >= 15 is 0 Å². The molecule has 0 spiro atoms. The van der Waals surface area contributed by atoms with E-state index in [4.69, 9.17) is 5.73 Å². The maximum atomic E-state index is 6.73. The second-order valence-electron chi connectivity index (χ2n) is 6.13. The predicted octanol–water partition coefficient (Wildman–Crippen LogP) is 3.91. The lowest BCUT2D eigenvalue weighted by atomic mass is 9.67. The average molecular weight is 231 g/mol. The molecular formula is C16H25N. The van der Waals surface area contributed by atoms with Crippen LogP contribution in [0.2, 0.25) is 0 Å². The van der Waals surface area contributed by atoms with Crippen LogP contribution in [0.3, 0.4) is 0 Å². The van der Waals surface area contributed by atoms with Crippen LogP contribution in [0.5, 0.6) is 0 Å². The molecule has 1 nitrogen and oxygen atoms in total. The standard InChI is InChI=1S/C16H25N/c1-11-5-7-14(4)16(17,10-11)15-8-6-12(2)13(3)9-15/h6,8-9,11,14H,5,7,10,17H2,1-4H3. The fourth-order valence-electron chi connectivity index (χ4n) is 3.11. The smallest absolute Gasteiger partial charge is 0.0438 e. The minimum absolute atomic E-state index is 0.115. The summed E-state index contributed by atoms with van der Waals surface area (Å²) in [6, 6.07) is 6.74. The number of rotatable bonds is 1. The quantitative estimate of drug-likeness (QED) is 0.779. The zero-order chi connectivity index (χ0) is 12.6. The van der Waals surface area contributed by atoms with Gasteiger partial charge in [-0.25, -0.2) is 0 Å². The summed E-state index contributed by atoms with van der Waals surface area (Å²) < 4.78 is 0. The Morgan fingerprint density at radius 3 is 2.47 bits per heavy atom. The van der Waals surface area contributed by atoms with Crippen LogP contribution < -0.4 is 5.73 Å². The molecule has 1 aliphatic rings. The first-order chi connectivity index (χ1) is 7.93. The topological polar surface area (TPSA) is 26.0 Å². The molecule has 0 heterocycles. The third-order valence-electron chi connectivity index (χ3n) is 4.70. The van der Waals surface area contributed by atoms with Gasteiger partial charge in [-0.15, -0.1) is 0 Å². The van der Waals surface area contributed by atoms with Gasteiger partial charge in [-0.2, -0.15) is 0 Å². The molecule has 1 fully saturated rings. The van der Waals surface area contributed by atoms with Crippen LogP contribution >= 0.6 is 0 Å².